The number of carbonyl (C=O) groups is 2. The molecule has 5 nitrogen and oxygen atoms in total. The summed E-state index contributed by atoms with van der Waals surface area (Å²) in [6, 6.07) is 15.5. The van der Waals surface area contributed by atoms with Crippen molar-refractivity contribution >= 4 is 17.4 Å². The Hall–Kier alpha value is -3.34. The summed E-state index contributed by atoms with van der Waals surface area (Å²) >= 11 is 0. The third-order valence-electron chi connectivity index (χ3n) is 5.48. The molecular weight excluding hydrogens is 376 g/mol. The van der Waals surface area contributed by atoms with E-state index in [0.29, 0.717) is 18.5 Å². The normalized spacial score (nSPS) is 10.7. The van der Waals surface area contributed by atoms with Gasteiger partial charge in [-0.2, -0.15) is 0 Å². The molecule has 1 N–H and O–H groups in total. The average molecular weight is 405 g/mol. The Bertz CT molecular complexity index is 1080. The maximum atomic E-state index is 12.6. The molecule has 1 amide bonds. The number of hydrogen-bond donors (Lipinski definition) is 1. The quantitative estimate of drug-likeness (QED) is 0.542. The molecule has 1 aromatic heterocycles. The molecule has 0 saturated carbocycles. The summed E-state index contributed by atoms with van der Waals surface area (Å²) in [6.45, 7) is 8.04. The first-order chi connectivity index (χ1) is 14.3. The minimum absolute atomic E-state index is 0.0144. The number of nitrogens with one attached hydrogen (secondary N) is 1. The molecule has 3 rings (SSSR count). The second-order valence-electron chi connectivity index (χ2n) is 7.56. The molecule has 0 atom stereocenters. The van der Waals surface area contributed by atoms with Crippen molar-refractivity contribution in [1.82, 2.24) is 4.57 Å². The maximum absolute atomic E-state index is 12.6. The van der Waals surface area contributed by atoms with Crippen LogP contribution in [0.15, 0.2) is 48.5 Å². The topological polar surface area (TPSA) is 60.3 Å². The molecule has 0 aliphatic carbocycles. The number of anilines is 1. The van der Waals surface area contributed by atoms with Crippen molar-refractivity contribution < 1.29 is 14.3 Å². The molecule has 0 fully saturated rings. The third kappa shape index (κ3) is 4.62. The number of rotatable bonds is 7. The van der Waals surface area contributed by atoms with Gasteiger partial charge >= 0.3 is 0 Å². The van der Waals surface area contributed by atoms with Gasteiger partial charge in [-0.25, -0.2) is 0 Å². The Balaban J connectivity index is 1.82. The van der Waals surface area contributed by atoms with Gasteiger partial charge in [0.15, 0.2) is 5.78 Å². The molecule has 0 aliphatic rings. The first-order valence-corrected chi connectivity index (χ1v) is 10.0. The molecule has 0 spiro atoms. The number of aromatic nitrogens is 1. The van der Waals surface area contributed by atoms with Crippen LogP contribution in [0.2, 0.25) is 0 Å². The monoisotopic (exact) mass is 404 g/mol. The van der Waals surface area contributed by atoms with E-state index in [1.54, 1.807) is 14.0 Å². The summed E-state index contributed by atoms with van der Waals surface area (Å²) in [5.74, 6) is 0.727. The van der Waals surface area contributed by atoms with Gasteiger partial charge in [0.05, 0.1) is 7.11 Å². The minimum atomic E-state index is -0.0589. The van der Waals surface area contributed by atoms with E-state index >= 15 is 0 Å². The Labute approximate surface area is 177 Å². The van der Waals surface area contributed by atoms with Gasteiger partial charge in [0.2, 0.25) is 5.91 Å². The molecule has 1 heterocycles. The zero-order valence-electron chi connectivity index (χ0n) is 18.2. The first-order valence-electron chi connectivity index (χ1n) is 10.0. The van der Waals surface area contributed by atoms with Crippen molar-refractivity contribution in [2.24, 2.45) is 0 Å². The van der Waals surface area contributed by atoms with Crippen LogP contribution in [-0.2, 0) is 11.3 Å². The number of hydrogen-bond acceptors (Lipinski definition) is 3. The Morgan fingerprint density at radius 2 is 1.67 bits per heavy atom. The summed E-state index contributed by atoms with van der Waals surface area (Å²) in [4.78, 5) is 24.6. The van der Waals surface area contributed by atoms with E-state index in [4.69, 9.17) is 4.74 Å². The van der Waals surface area contributed by atoms with Gasteiger partial charge in [0, 0.05) is 35.6 Å². The number of carbonyl (C=O) groups excluding carboxylic acids is 2. The number of Topliss-reactive ketones (excluding diaryl/α,β-unsaturated/α-hetero) is 1. The van der Waals surface area contributed by atoms with Crippen molar-refractivity contribution in [3.8, 4) is 17.0 Å². The largest absolute Gasteiger partial charge is 0.497 e. The summed E-state index contributed by atoms with van der Waals surface area (Å²) in [5, 5.41) is 2.97. The fraction of sp³-hybridized carbons (Fsp3) is 0.280. The highest BCUT2D eigenvalue weighted by atomic mass is 16.5. The molecule has 2 aromatic carbocycles. The van der Waals surface area contributed by atoms with Crippen molar-refractivity contribution in [2.75, 3.05) is 12.4 Å². The smallest absolute Gasteiger partial charge is 0.226 e. The predicted octanol–water partition coefficient (Wildman–Crippen LogP) is 5.32. The second kappa shape index (κ2) is 8.99. The van der Waals surface area contributed by atoms with Crippen LogP contribution in [-0.4, -0.2) is 23.4 Å². The molecular formula is C25H28N2O3. The van der Waals surface area contributed by atoms with Crippen LogP contribution in [0.4, 0.5) is 5.69 Å². The molecule has 0 bridgehead atoms. The zero-order chi connectivity index (χ0) is 21.8. The molecule has 0 saturated heterocycles. The van der Waals surface area contributed by atoms with Gasteiger partial charge in [-0.3, -0.25) is 9.59 Å². The Morgan fingerprint density at radius 3 is 2.27 bits per heavy atom. The standard InChI is InChI=1S/C25H28N2O3/c1-16-6-9-21(14-17(16)2)26-25(29)12-13-27-18(3)23(19(4)28)15-24(27)20-7-10-22(30-5)11-8-20/h6-11,14-15H,12-13H2,1-5H3,(H,26,29). The van der Waals surface area contributed by atoms with Crippen LogP contribution >= 0.6 is 0 Å². The lowest BCUT2D eigenvalue weighted by Crippen LogP contribution is -2.15. The average Bonchev–Trinajstić information content (AvgIpc) is 3.06. The lowest BCUT2D eigenvalue weighted by atomic mass is 10.1. The van der Waals surface area contributed by atoms with Crippen LogP contribution < -0.4 is 10.1 Å². The van der Waals surface area contributed by atoms with Gasteiger partial charge < -0.3 is 14.6 Å². The van der Waals surface area contributed by atoms with E-state index in [-0.39, 0.29) is 11.7 Å². The van der Waals surface area contributed by atoms with Gasteiger partial charge in [0.25, 0.3) is 0 Å². The Morgan fingerprint density at radius 1 is 0.967 bits per heavy atom. The van der Waals surface area contributed by atoms with E-state index in [0.717, 1.165) is 34.0 Å². The highest BCUT2D eigenvalue weighted by molar-refractivity contribution is 5.97. The fourth-order valence-corrected chi connectivity index (χ4v) is 3.55. The number of aryl methyl sites for hydroxylation is 2. The molecule has 156 valence electrons. The number of ether oxygens (including phenoxy) is 1. The highest BCUT2D eigenvalue weighted by Gasteiger charge is 2.17. The van der Waals surface area contributed by atoms with Crippen LogP contribution in [0, 0.1) is 20.8 Å². The molecule has 0 unspecified atom stereocenters. The minimum Gasteiger partial charge on any atom is -0.497 e. The van der Waals surface area contributed by atoms with Crippen LogP contribution in [0.25, 0.3) is 11.3 Å². The lowest BCUT2D eigenvalue weighted by molar-refractivity contribution is -0.116. The number of benzene rings is 2. The van der Waals surface area contributed by atoms with Crippen LogP contribution in [0.3, 0.4) is 0 Å². The van der Waals surface area contributed by atoms with Crippen molar-refractivity contribution in [3.63, 3.8) is 0 Å². The molecule has 3 aromatic rings. The van der Waals surface area contributed by atoms with Gasteiger partial charge in [-0.15, -0.1) is 0 Å². The summed E-state index contributed by atoms with van der Waals surface area (Å²) in [7, 11) is 1.63. The summed E-state index contributed by atoms with van der Waals surface area (Å²) < 4.78 is 7.28. The van der Waals surface area contributed by atoms with E-state index in [9.17, 15) is 9.59 Å². The summed E-state index contributed by atoms with van der Waals surface area (Å²) in [6.07, 6.45) is 0.308. The van der Waals surface area contributed by atoms with Crippen LogP contribution in [0.1, 0.15) is 40.5 Å². The second-order valence-corrected chi connectivity index (χ2v) is 7.56. The van der Waals surface area contributed by atoms with E-state index < -0.39 is 0 Å². The SMILES string of the molecule is COc1ccc(-c2cc(C(C)=O)c(C)n2CCC(=O)Nc2ccc(C)c(C)c2)cc1. The molecule has 30 heavy (non-hydrogen) atoms. The van der Waals surface area contributed by atoms with Gasteiger partial charge in [0.1, 0.15) is 5.75 Å². The van der Waals surface area contributed by atoms with E-state index in [1.165, 1.54) is 5.56 Å². The Kier molecular flexibility index (Phi) is 6.40. The van der Waals surface area contributed by atoms with Crippen molar-refractivity contribution in [1.29, 1.82) is 0 Å². The maximum Gasteiger partial charge on any atom is 0.226 e. The highest BCUT2D eigenvalue weighted by Crippen LogP contribution is 2.28. The predicted molar refractivity (Wildman–Crippen MR) is 120 cm³/mol. The first kappa shape index (κ1) is 21.4. The van der Waals surface area contributed by atoms with E-state index in [2.05, 4.69) is 5.32 Å². The zero-order valence-corrected chi connectivity index (χ0v) is 18.2. The molecule has 0 radical (unpaired) electrons. The lowest BCUT2D eigenvalue weighted by Gasteiger charge is -2.13. The van der Waals surface area contributed by atoms with Crippen LogP contribution in [0.5, 0.6) is 5.75 Å². The van der Waals surface area contributed by atoms with Crippen molar-refractivity contribution in [3.05, 3.63) is 70.9 Å². The van der Waals surface area contributed by atoms with E-state index in [1.807, 2.05) is 73.9 Å². The number of ketones is 1. The van der Waals surface area contributed by atoms with Gasteiger partial charge in [-0.1, -0.05) is 6.07 Å². The van der Waals surface area contributed by atoms with Crippen molar-refractivity contribution in [2.45, 2.75) is 40.7 Å². The number of amides is 1. The van der Waals surface area contributed by atoms with Gasteiger partial charge in [-0.05, 0) is 86.8 Å². The fourth-order valence-electron chi connectivity index (χ4n) is 3.55. The molecule has 0 aliphatic heterocycles. The molecule has 5 heteroatoms. The number of methoxy groups -OCH3 is 1. The number of nitrogens with zero attached hydrogens (tertiary/aromatic N) is 1. The summed E-state index contributed by atoms with van der Waals surface area (Å²) in [5.41, 5.74) is 6.56. The third-order valence-corrected chi connectivity index (χ3v) is 5.48.